The number of ether oxygens (including phenoxy) is 2. The molecule has 0 amide bonds. The highest BCUT2D eigenvalue weighted by atomic mass is 19.1. The predicted molar refractivity (Wildman–Crippen MR) is 108 cm³/mol. The first-order chi connectivity index (χ1) is 14.3. The van der Waals surface area contributed by atoms with Crippen molar-refractivity contribution >= 4 is 0 Å². The first-order valence-electron chi connectivity index (χ1n) is 10.3. The van der Waals surface area contributed by atoms with Crippen molar-refractivity contribution in [3.05, 3.63) is 59.2 Å². The SMILES string of the molecule is CC1([C@@H](O)CNC[C@H](O)[C@@H]2CCc3cc(F)ccc3O2)CCc2cc(F)ccc2O1. The van der Waals surface area contributed by atoms with Crippen molar-refractivity contribution < 1.29 is 28.5 Å². The molecule has 162 valence electrons. The summed E-state index contributed by atoms with van der Waals surface area (Å²) in [5.74, 6) is 0.605. The van der Waals surface area contributed by atoms with E-state index in [-0.39, 0.29) is 24.7 Å². The highest BCUT2D eigenvalue weighted by Gasteiger charge is 2.38. The van der Waals surface area contributed by atoms with Crippen molar-refractivity contribution in [2.24, 2.45) is 0 Å². The van der Waals surface area contributed by atoms with E-state index >= 15 is 0 Å². The maximum Gasteiger partial charge on any atom is 0.133 e. The first kappa shape index (κ1) is 21.0. The molecule has 2 aromatic carbocycles. The van der Waals surface area contributed by atoms with Gasteiger partial charge in [0.15, 0.2) is 0 Å². The summed E-state index contributed by atoms with van der Waals surface area (Å²) in [6, 6.07) is 8.81. The standard InChI is InChI=1S/C23H27F2NO4/c1-23(9-8-15-11-17(25)4-7-20(15)30-23)22(28)13-26-12-18(27)21-5-2-14-10-16(24)3-6-19(14)29-21/h3-4,6-7,10-11,18,21-22,26-28H,2,5,8-9,12-13H2,1H3/t18-,21-,22-,23?/m0/s1. The van der Waals surface area contributed by atoms with Crippen LogP contribution in [0.1, 0.15) is 30.9 Å². The molecule has 0 radical (unpaired) electrons. The molecule has 30 heavy (non-hydrogen) atoms. The Labute approximate surface area is 174 Å². The lowest BCUT2D eigenvalue weighted by molar-refractivity contribution is -0.0551. The molecule has 0 aliphatic carbocycles. The summed E-state index contributed by atoms with van der Waals surface area (Å²) >= 11 is 0. The number of benzene rings is 2. The van der Waals surface area contributed by atoms with E-state index in [2.05, 4.69) is 5.32 Å². The van der Waals surface area contributed by atoms with Gasteiger partial charge < -0.3 is 25.0 Å². The summed E-state index contributed by atoms with van der Waals surface area (Å²) < 4.78 is 38.5. The maximum atomic E-state index is 13.4. The summed E-state index contributed by atoms with van der Waals surface area (Å²) in [5.41, 5.74) is 0.815. The minimum atomic E-state index is -0.807. The number of nitrogens with one attached hydrogen (secondary N) is 1. The smallest absolute Gasteiger partial charge is 0.133 e. The highest BCUT2D eigenvalue weighted by molar-refractivity contribution is 5.37. The van der Waals surface area contributed by atoms with Crippen molar-refractivity contribution in [2.75, 3.05) is 13.1 Å². The van der Waals surface area contributed by atoms with Crippen LogP contribution in [0.4, 0.5) is 8.78 Å². The quantitative estimate of drug-likeness (QED) is 0.672. The van der Waals surface area contributed by atoms with Crippen LogP contribution in [-0.4, -0.2) is 47.2 Å². The fourth-order valence-corrected chi connectivity index (χ4v) is 4.13. The number of hydrogen-bond donors (Lipinski definition) is 3. The van der Waals surface area contributed by atoms with Crippen molar-refractivity contribution in [1.82, 2.24) is 5.32 Å². The van der Waals surface area contributed by atoms with E-state index in [0.29, 0.717) is 37.2 Å². The van der Waals surface area contributed by atoms with Gasteiger partial charge in [0.1, 0.15) is 47.0 Å². The lowest BCUT2D eigenvalue weighted by Gasteiger charge is -2.39. The maximum absolute atomic E-state index is 13.4. The van der Waals surface area contributed by atoms with Gasteiger partial charge >= 0.3 is 0 Å². The zero-order chi connectivity index (χ0) is 21.3. The summed E-state index contributed by atoms with van der Waals surface area (Å²) in [7, 11) is 0. The van der Waals surface area contributed by atoms with E-state index in [0.717, 1.165) is 11.1 Å². The average Bonchev–Trinajstić information content (AvgIpc) is 2.73. The van der Waals surface area contributed by atoms with Crippen molar-refractivity contribution in [3.63, 3.8) is 0 Å². The molecular formula is C23H27F2NO4. The number of aliphatic hydroxyl groups excluding tert-OH is 2. The van der Waals surface area contributed by atoms with Crippen LogP contribution < -0.4 is 14.8 Å². The molecule has 2 aliphatic rings. The molecule has 0 bridgehead atoms. The largest absolute Gasteiger partial charge is 0.487 e. The third-order valence-corrected chi connectivity index (χ3v) is 6.08. The Bertz CT molecular complexity index is 909. The van der Waals surface area contributed by atoms with E-state index in [9.17, 15) is 19.0 Å². The van der Waals surface area contributed by atoms with Gasteiger partial charge in [0.2, 0.25) is 0 Å². The normalized spacial score (nSPS) is 24.8. The minimum absolute atomic E-state index is 0.235. The van der Waals surface area contributed by atoms with Gasteiger partial charge in [-0.2, -0.15) is 0 Å². The summed E-state index contributed by atoms with van der Waals surface area (Å²) in [6.07, 6.45) is 0.459. The monoisotopic (exact) mass is 419 g/mol. The second kappa shape index (κ2) is 8.49. The molecule has 0 saturated heterocycles. The Morgan fingerprint density at radius 3 is 2.43 bits per heavy atom. The van der Waals surface area contributed by atoms with Crippen LogP contribution in [0, 0.1) is 11.6 Å². The zero-order valence-electron chi connectivity index (χ0n) is 16.9. The van der Waals surface area contributed by atoms with Crippen LogP contribution in [0.25, 0.3) is 0 Å². The van der Waals surface area contributed by atoms with Crippen molar-refractivity contribution in [3.8, 4) is 11.5 Å². The van der Waals surface area contributed by atoms with Crippen molar-refractivity contribution in [2.45, 2.75) is 56.5 Å². The van der Waals surface area contributed by atoms with Crippen LogP contribution in [0.15, 0.2) is 36.4 Å². The molecule has 2 heterocycles. The zero-order valence-corrected chi connectivity index (χ0v) is 16.9. The van der Waals surface area contributed by atoms with Crippen molar-refractivity contribution in [1.29, 1.82) is 0 Å². The lowest BCUT2D eigenvalue weighted by Crippen LogP contribution is -2.53. The van der Waals surface area contributed by atoms with Gasteiger partial charge in [0, 0.05) is 13.1 Å². The molecule has 4 atom stereocenters. The van der Waals surface area contributed by atoms with E-state index in [1.807, 2.05) is 6.92 Å². The number of aryl methyl sites for hydroxylation is 2. The summed E-state index contributed by atoms with van der Waals surface area (Å²) in [6.45, 7) is 2.32. The van der Waals surface area contributed by atoms with Gasteiger partial charge in [-0.3, -0.25) is 0 Å². The summed E-state index contributed by atoms with van der Waals surface area (Å²) in [5, 5.41) is 24.3. The van der Waals surface area contributed by atoms with Gasteiger partial charge in [-0.15, -0.1) is 0 Å². The Hall–Kier alpha value is -2.22. The molecule has 0 fully saturated rings. The van der Waals surface area contributed by atoms with Gasteiger partial charge in [-0.25, -0.2) is 8.78 Å². The molecule has 0 saturated carbocycles. The van der Waals surface area contributed by atoms with E-state index in [1.165, 1.54) is 24.3 Å². The Kier molecular flexibility index (Phi) is 5.95. The number of fused-ring (bicyclic) bond motifs is 2. The van der Waals surface area contributed by atoms with E-state index in [4.69, 9.17) is 9.47 Å². The van der Waals surface area contributed by atoms with Crippen LogP contribution in [0.3, 0.4) is 0 Å². The molecule has 5 nitrogen and oxygen atoms in total. The predicted octanol–water partition coefficient (Wildman–Crippen LogP) is 2.75. The number of halogens is 2. The highest BCUT2D eigenvalue weighted by Crippen LogP contribution is 2.35. The van der Waals surface area contributed by atoms with Gasteiger partial charge in [-0.1, -0.05) is 0 Å². The molecular weight excluding hydrogens is 392 g/mol. The topological polar surface area (TPSA) is 71.0 Å². The summed E-state index contributed by atoms with van der Waals surface area (Å²) in [4.78, 5) is 0. The fourth-order valence-electron chi connectivity index (χ4n) is 4.13. The van der Waals surface area contributed by atoms with Crippen LogP contribution in [-0.2, 0) is 12.8 Å². The van der Waals surface area contributed by atoms with Crippen LogP contribution in [0.2, 0.25) is 0 Å². The Morgan fingerprint density at radius 2 is 1.70 bits per heavy atom. The lowest BCUT2D eigenvalue weighted by atomic mass is 9.87. The first-order valence-corrected chi connectivity index (χ1v) is 10.3. The molecule has 7 heteroatoms. The molecule has 2 aromatic rings. The van der Waals surface area contributed by atoms with E-state index in [1.54, 1.807) is 12.1 Å². The molecule has 0 spiro atoms. The third kappa shape index (κ3) is 4.43. The van der Waals surface area contributed by atoms with Crippen LogP contribution >= 0.6 is 0 Å². The second-order valence-corrected chi connectivity index (χ2v) is 8.36. The molecule has 4 rings (SSSR count). The minimum Gasteiger partial charge on any atom is -0.487 e. The molecule has 3 N–H and O–H groups in total. The Balaban J connectivity index is 1.28. The number of rotatable bonds is 6. The number of aliphatic hydroxyl groups is 2. The van der Waals surface area contributed by atoms with Gasteiger partial charge in [-0.05, 0) is 80.1 Å². The Morgan fingerprint density at radius 1 is 1.03 bits per heavy atom. The molecule has 2 aliphatic heterocycles. The third-order valence-electron chi connectivity index (χ3n) is 6.08. The molecule has 1 unspecified atom stereocenters. The van der Waals surface area contributed by atoms with Gasteiger partial charge in [0.05, 0.1) is 0 Å². The second-order valence-electron chi connectivity index (χ2n) is 8.36. The fraction of sp³-hybridized carbons (Fsp3) is 0.478. The average molecular weight is 419 g/mol. The van der Waals surface area contributed by atoms with E-state index < -0.39 is 23.9 Å². The van der Waals surface area contributed by atoms with Gasteiger partial charge in [0.25, 0.3) is 0 Å². The number of hydrogen-bond acceptors (Lipinski definition) is 5. The molecule has 0 aromatic heterocycles. The van der Waals surface area contributed by atoms with Crippen LogP contribution in [0.5, 0.6) is 11.5 Å².